The minimum atomic E-state index is -2.16. The Bertz CT molecular complexity index is 1430. The molecular weight excluding hydrogens is 532 g/mol. The van der Waals surface area contributed by atoms with Gasteiger partial charge in [-0.05, 0) is 53.2 Å². The first-order valence-electron chi connectivity index (χ1n) is 13.2. The van der Waals surface area contributed by atoms with Crippen LogP contribution in [0.5, 0.6) is 0 Å². The van der Waals surface area contributed by atoms with Crippen LogP contribution >= 0.6 is 0 Å². The van der Waals surface area contributed by atoms with Crippen LogP contribution in [0.1, 0.15) is 29.9 Å². The van der Waals surface area contributed by atoms with Crippen molar-refractivity contribution in [1.29, 1.82) is 0 Å². The first-order valence-corrected chi connectivity index (χ1v) is 13.2. The number of para-hydroxylation sites is 1. The molecule has 11 heteroatoms. The summed E-state index contributed by atoms with van der Waals surface area (Å²) in [5.41, 5.74) is 0.599. The van der Waals surface area contributed by atoms with Gasteiger partial charge in [0, 0.05) is 12.0 Å². The van der Waals surface area contributed by atoms with Crippen LogP contribution in [-0.2, 0) is 33.4 Å². The molecule has 2 amide bonds. The fourth-order valence-electron chi connectivity index (χ4n) is 7.10. The van der Waals surface area contributed by atoms with E-state index in [0.29, 0.717) is 22.4 Å². The monoisotopic (exact) mass is 562 g/mol. The van der Waals surface area contributed by atoms with Crippen LogP contribution in [0.25, 0.3) is 5.57 Å². The molecule has 0 spiro atoms. The highest BCUT2D eigenvalue weighted by molar-refractivity contribution is 6.23. The van der Waals surface area contributed by atoms with Gasteiger partial charge in [0.2, 0.25) is 18.4 Å². The first kappa shape index (κ1) is 28.2. The van der Waals surface area contributed by atoms with E-state index in [2.05, 4.69) is 0 Å². The maximum atomic E-state index is 14.2. The molecule has 2 aliphatic carbocycles. The molecule has 11 nitrogen and oxygen atoms in total. The molecule has 1 fully saturated rings. The summed E-state index contributed by atoms with van der Waals surface area (Å²) in [4.78, 5) is 68.0. The van der Waals surface area contributed by atoms with E-state index >= 15 is 0 Å². The highest BCUT2D eigenvalue weighted by Crippen LogP contribution is 2.59. The Kier molecular flexibility index (Phi) is 7.48. The Morgan fingerprint density at radius 3 is 2.20 bits per heavy atom. The van der Waals surface area contributed by atoms with Gasteiger partial charge >= 0.3 is 11.9 Å². The fraction of sp³-hybridized carbons (Fsp3) is 0.400. The van der Waals surface area contributed by atoms with Gasteiger partial charge in [0.15, 0.2) is 5.41 Å². The number of ether oxygens (including phenoxy) is 3. The van der Waals surface area contributed by atoms with E-state index in [1.807, 2.05) is 0 Å². The quantitative estimate of drug-likeness (QED) is 0.164. The van der Waals surface area contributed by atoms with Crippen molar-refractivity contribution < 1.29 is 38.3 Å². The molecule has 2 aromatic rings. The zero-order valence-corrected chi connectivity index (χ0v) is 22.9. The maximum absolute atomic E-state index is 14.2. The summed E-state index contributed by atoms with van der Waals surface area (Å²) in [5.74, 6) is -6.69. The summed E-state index contributed by atoms with van der Waals surface area (Å²) < 4.78 is 15.8. The minimum Gasteiger partial charge on any atom is -0.468 e. The van der Waals surface area contributed by atoms with Crippen LogP contribution < -0.4 is 4.90 Å². The van der Waals surface area contributed by atoms with Crippen molar-refractivity contribution in [3.8, 4) is 0 Å². The smallest absolute Gasteiger partial charge is 0.324 e. The number of nitrogens with zero attached hydrogens (tertiary/aromatic N) is 2. The molecule has 0 radical (unpaired) electrons. The van der Waals surface area contributed by atoms with Crippen molar-refractivity contribution >= 4 is 35.0 Å². The lowest BCUT2D eigenvalue weighted by atomic mass is 9.62. The van der Waals surface area contributed by atoms with Crippen molar-refractivity contribution in [2.24, 2.45) is 23.2 Å². The summed E-state index contributed by atoms with van der Waals surface area (Å²) >= 11 is 0. The number of nitro groups is 1. The molecule has 4 atom stereocenters. The third kappa shape index (κ3) is 4.31. The second-order valence-corrected chi connectivity index (χ2v) is 10.6. The maximum Gasteiger partial charge on any atom is 0.324 e. The van der Waals surface area contributed by atoms with Gasteiger partial charge in [-0.15, -0.1) is 0 Å². The lowest BCUT2D eigenvalue weighted by molar-refractivity contribution is -0.485. The molecule has 0 aromatic heterocycles. The molecule has 3 aliphatic rings. The summed E-state index contributed by atoms with van der Waals surface area (Å²) in [6, 6.07) is 15.4. The van der Waals surface area contributed by atoms with E-state index in [-0.39, 0.29) is 25.4 Å². The number of rotatable bonds is 7. The molecule has 1 aliphatic heterocycles. The zero-order valence-electron chi connectivity index (χ0n) is 22.9. The van der Waals surface area contributed by atoms with Gasteiger partial charge in [0.05, 0.1) is 44.3 Å². The van der Waals surface area contributed by atoms with Gasteiger partial charge in [0.1, 0.15) is 0 Å². The fourth-order valence-corrected chi connectivity index (χ4v) is 7.10. The number of imide groups is 1. The summed E-state index contributed by atoms with van der Waals surface area (Å²) in [5, 5.41) is 12.0. The van der Waals surface area contributed by atoms with E-state index in [1.165, 1.54) is 7.11 Å². The molecule has 5 rings (SSSR count). The summed E-state index contributed by atoms with van der Waals surface area (Å²) in [7, 11) is 3.72. The molecule has 0 N–H and O–H groups in total. The predicted octanol–water partition coefficient (Wildman–Crippen LogP) is 3.01. The highest BCUT2D eigenvalue weighted by atomic mass is 16.6. The second kappa shape index (κ2) is 10.9. The average molecular weight is 563 g/mol. The van der Waals surface area contributed by atoms with Gasteiger partial charge in [0.25, 0.3) is 0 Å². The van der Waals surface area contributed by atoms with Crippen molar-refractivity contribution in [3.63, 3.8) is 0 Å². The van der Waals surface area contributed by atoms with Crippen LogP contribution in [0.4, 0.5) is 5.69 Å². The van der Waals surface area contributed by atoms with Crippen LogP contribution in [0.2, 0.25) is 0 Å². The minimum absolute atomic E-state index is 0.125. The SMILES string of the molecule is COCC1=C2c3ccccc3[C@H](C[N+](=O)[O-])C(C(=O)OC)(C(=O)OC)CC2C2C(=O)N(c3ccccc3)C(=O)C2C1. The van der Waals surface area contributed by atoms with Gasteiger partial charge in [-0.25, -0.2) is 0 Å². The Hall–Kier alpha value is -4.38. The third-order valence-corrected chi connectivity index (χ3v) is 8.66. The molecular formula is C30H30N2O9. The Morgan fingerprint density at radius 2 is 1.59 bits per heavy atom. The van der Waals surface area contributed by atoms with Crippen molar-refractivity contribution in [2.75, 3.05) is 39.4 Å². The molecule has 0 saturated carbocycles. The van der Waals surface area contributed by atoms with Gasteiger partial charge in [-0.2, -0.15) is 0 Å². The zero-order chi connectivity index (χ0) is 29.5. The van der Waals surface area contributed by atoms with Crippen LogP contribution in [-0.4, -0.2) is 63.2 Å². The molecule has 1 heterocycles. The second-order valence-electron chi connectivity index (χ2n) is 10.6. The number of benzene rings is 2. The number of hydrogen-bond acceptors (Lipinski definition) is 9. The molecule has 1 saturated heterocycles. The lowest BCUT2D eigenvalue weighted by Crippen LogP contribution is -2.50. The van der Waals surface area contributed by atoms with E-state index in [4.69, 9.17) is 14.2 Å². The van der Waals surface area contributed by atoms with E-state index < -0.39 is 58.4 Å². The number of fused-ring (bicyclic) bond motifs is 5. The standard InChI is InChI=1S/C30H30N2O9/c1-39-16-17-13-21-25(27(34)32(26(21)33)18-9-5-4-6-10-18)22-14-30(28(35)40-2,29(36)41-3)23(15-31(37)38)19-11-7-8-12-20(19)24(17)22/h4-12,21-23,25H,13-16H2,1-3H3/t21?,22?,23-,25?/m0/s1. The number of allylic oxidation sites excluding steroid dienone is 1. The molecule has 41 heavy (non-hydrogen) atoms. The van der Waals surface area contributed by atoms with E-state index in [9.17, 15) is 29.3 Å². The number of amides is 2. The summed E-state index contributed by atoms with van der Waals surface area (Å²) in [6.45, 7) is -0.641. The van der Waals surface area contributed by atoms with Crippen LogP contribution in [0.15, 0.2) is 60.2 Å². The number of carbonyl (C=O) groups is 4. The Morgan fingerprint density at radius 1 is 0.951 bits per heavy atom. The largest absolute Gasteiger partial charge is 0.468 e. The van der Waals surface area contributed by atoms with Crippen LogP contribution in [0, 0.1) is 33.3 Å². The van der Waals surface area contributed by atoms with Crippen molar-refractivity contribution in [3.05, 3.63) is 81.4 Å². The Balaban J connectivity index is 1.81. The molecule has 2 aromatic carbocycles. The number of methoxy groups -OCH3 is 3. The lowest BCUT2D eigenvalue weighted by Gasteiger charge is -2.38. The number of esters is 2. The van der Waals surface area contributed by atoms with E-state index in [1.54, 1.807) is 54.6 Å². The number of hydrogen-bond donors (Lipinski definition) is 0. The molecule has 214 valence electrons. The highest BCUT2D eigenvalue weighted by Gasteiger charge is 2.64. The number of carbonyl (C=O) groups excluding carboxylic acids is 4. The topological polar surface area (TPSA) is 142 Å². The molecule has 0 bridgehead atoms. The average Bonchev–Trinajstić information content (AvgIpc) is 3.15. The van der Waals surface area contributed by atoms with Crippen molar-refractivity contribution in [1.82, 2.24) is 0 Å². The normalized spacial score (nSPS) is 24.6. The van der Waals surface area contributed by atoms with Crippen molar-refractivity contribution in [2.45, 2.75) is 18.8 Å². The van der Waals surface area contributed by atoms with Gasteiger partial charge in [-0.1, -0.05) is 42.5 Å². The van der Waals surface area contributed by atoms with E-state index in [0.717, 1.165) is 24.7 Å². The van der Waals surface area contributed by atoms with Crippen LogP contribution in [0.3, 0.4) is 0 Å². The third-order valence-electron chi connectivity index (χ3n) is 8.66. The van der Waals surface area contributed by atoms with Gasteiger partial charge < -0.3 is 14.2 Å². The Labute approximate surface area is 236 Å². The van der Waals surface area contributed by atoms with Gasteiger partial charge in [-0.3, -0.25) is 34.2 Å². The molecule has 3 unspecified atom stereocenters. The first-order chi connectivity index (χ1) is 19.7. The predicted molar refractivity (Wildman–Crippen MR) is 145 cm³/mol. The summed E-state index contributed by atoms with van der Waals surface area (Å²) in [6.07, 6.45) is -0.110. The number of anilines is 1.